The molecule has 1 aliphatic rings. The zero-order chi connectivity index (χ0) is 24.3. The normalized spacial score (nSPS) is 14.9. The molecule has 0 radical (unpaired) electrons. The first-order chi connectivity index (χ1) is 16.2. The number of hydrogen-bond acceptors (Lipinski definition) is 8. The first-order valence-corrected chi connectivity index (χ1v) is 10.4. The fraction of sp³-hybridized carbons (Fsp3) is 0.381. The monoisotopic (exact) mass is 478 g/mol. The number of rotatable bonds is 7. The van der Waals surface area contributed by atoms with Gasteiger partial charge in [-0.25, -0.2) is 0 Å². The van der Waals surface area contributed by atoms with E-state index in [0.29, 0.717) is 47.6 Å². The molecule has 1 amide bonds. The van der Waals surface area contributed by atoms with Gasteiger partial charge in [-0.3, -0.25) is 9.59 Å². The van der Waals surface area contributed by atoms with Crippen LogP contribution in [0.25, 0.3) is 5.65 Å². The summed E-state index contributed by atoms with van der Waals surface area (Å²) in [7, 11) is 0. The molecule has 1 aliphatic heterocycles. The summed E-state index contributed by atoms with van der Waals surface area (Å²) in [5.74, 6) is -1.70. The molecule has 3 heterocycles. The van der Waals surface area contributed by atoms with Crippen molar-refractivity contribution < 1.29 is 32.2 Å². The van der Waals surface area contributed by atoms with Gasteiger partial charge in [0.2, 0.25) is 0 Å². The van der Waals surface area contributed by atoms with Crippen LogP contribution < -0.4 is 15.4 Å². The molecule has 0 bridgehead atoms. The number of ether oxygens (including phenoxy) is 2. The van der Waals surface area contributed by atoms with Crippen molar-refractivity contribution in [1.82, 2.24) is 19.8 Å². The minimum Gasteiger partial charge on any atom is -0.484 e. The molecule has 2 N–H and O–H groups in total. The van der Waals surface area contributed by atoms with Crippen LogP contribution in [0.3, 0.4) is 0 Å². The number of carbonyl (C=O) groups excluding carboxylic acids is 2. The maximum atomic E-state index is 13.1. The van der Waals surface area contributed by atoms with Gasteiger partial charge in [0.15, 0.2) is 12.3 Å². The van der Waals surface area contributed by atoms with Crippen LogP contribution >= 0.6 is 0 Å². The summed E-state index contributed by atoms with van der Waals surface area (Å²) in [5, 5.41) is 10.7. The Bertz CT molecular complexity index is 1190. The van der Waals surface area contributed by atoms with Gasteiger partial charge < -0.3 is 20.1 Å². The van der Waals surface area contributed by atoms with Crippen molar-refractivity contribution in [3.8, 4) is 5.75 Å². The van der Waals surface area contributed by atoms with Crippen molar-refractivity contribution in [3.05, 3.63) is 47.8 Å². The van der Waals surface area contributed by atoms with Gasteiger partial charge in [0, 0.05) is 13.1 Å². The third-order valence-corrected chi connectivity index (χ3v) is 5.32. The van der Waals surface area contributed by atoms with Gasteiger partial charge >= 0.3 is 12.1 Å². The summed E-state index contributed by atoms with van der Waals surface area (Å²) < 4.78 is 50.6. The molecule has 10 nitrogen and oxygen atoms in total. The van der Waals surface area contributed by atoms with E-state index in [2.05, 4.69) is 15.3 Å². The SMILES string of the molecule is NC(=O)COc1cccc(COC(=O)C2CCN(c3ccc4nnc(C(F)(F)F)n4n3)CC2)c1. The largest absolute Gasteiger partial charge is 0.484 e. The standard InChI is InChI=1S/C21H21F3N6O4/c22-21(23,24)20-27-26-17-4-5-18(28-30(17)20)29-8-6-14(7-9-29)19(32)34-11-13-2-1-3-15(10-13)33-12-16(25)31/h1-5,10,14H,6-9,11-12H2,(H2,25,31). The molecule has 34 heavy (non-hydrogen) atoms. The quantitative estimate of drug-likeness (QED) is 0.511. The van der Waals surface area contributed by atoms with Crippen molar-refractivity contribution in [2.24, 2.45) is 11.7 Å². The number of nitrogens with two attached hydrogens (primary N) is 1. The third kappa shape index (κ3) is 5.35. The molecule has 1 saturated heterocycles. The molecule has 2 aromatic heterocycles. The Kier molecular flexibility index (Phi) is 6.52. The predicted molar refractivity (Wildman–Crippen MR) is 112 cm³/mol. The number of alkyl halides is 3. The summed E-state index contributed by atoms with van der Waals surface area (Å²) in [5.41, 5.74) is 5.75. The second kappa shape index (κ2) is 9.53. The summed E-state index contributed by atoms with van der Waals surface area (Å²) in [4.78, 5) is 25.2. The van der Waals surface area contributed by atoms with Crippen molar-refractivity contribution in [1.29, 1.82) is 0 Å². The van der Waals surface area contributed by atoms with Crippen molar-refractivity contribution in [2.75, 3.05) is 24.6 Å². The average Bonchev–Trinajstić information content (AvgIpc) is 3.25. The van der Waals surface area contributed by atoms with Crippen LogP contribution in [0.4, 0.5) is 19.0 Å². The molecular weight excluding hydrogens is 457 g/mol. The molecule has 180 valence electrons. The summed E-state index contributed by atoms with van der Waals surface area (Å²) in [6.07, 6.45) is -3.74. The third-order valence-electron chi connectivity index (χ3n) is 5.32. The maximum Gasteiger partial charge on any atom is 0.453 e. The minimum absolute atomic E-state index is 0.00126. The number of nitrogens with zero attached hydrogens (tertiary/aromatic N) is 5. The van der Waals surface area contributed by atoms with Gasteiger partial charge in [-0.15, -0.1) is 15.3 Å². The molecule has 1 aromatic carbocycles. The van der Waals surface area contributed by atoms with Gasteiger partial charge in [-0.05, 0) is 42.7 Å². The van der Waals surface area contributed by atoms with Crippen LogP contribution in [-0.2, 0) is 27.1 Å². The highest BCUT2D eigenvalue weighted by atomic mass is 19.4. The van der Waals surface area contributed by atoms with Crippen LogP contribution in [0.1, 0.15) is 24.2 Å². The number of piperidine rings is 1. The Morgan fingerprint density at radius 1 is 1.12 bits per heavy atom. The summed E-state index contributed by atoms with van der Waals surface area (Å²) in [6.45, 7) is 0.647. The molecule has 0 unspecified atom stereocenters. The number of carbonyl (C=O) groups is 2. The number of anilines is 1. The van der Waals surface area contributed by atoms with E-state index < -0.39 is 17.9 Å². The Labute approximate surface area is 191 Å². The molecule has 13 heteroatoms. The lowest BCUT2D eigenvalue weighted by atomic mass is 9.97. The summed E-state index contributed by atoms with van der Waals surface area (Å²) >= 11 is 0. The maximum absolute atomic E-state index is 13.1. The second-order valence-corrected chi connectivity index (χ2v) is 7.75. The molecular formula is C21H21F3N6O4. The van der Waals surface area contributed by atoms with E-state index in [1.54, 1.807) is 30.3 Å². The fourth-order valence-electron chi connectivity index (χ4n) is 3.62. The lowest BCUT2D eigenvalue weighted by Gasteiger charge is -2.31. The zero-order valence-electron chi connectivity index (χ0n) is 17.9. The Balaban J connectivity index is 1.32. The smallest absolute Gasteiger partial charge is 0.453 e. The number of fused-ring (bicyclic) bond motifs is 1. The predicted octanol–water partition coefficient (Wildman–Crippen LogP) is 1.97. The first-order valence-electron chi connectivity index (χ1n) is 10.4. The lowest BCUT2D eigenvalue weighted by molar-refractivity contribution is -0.150. The van der Waals surface area contributed by atoms with Gasteiger partial charge in [0.1, 0.15) is 18.2 Å². The van der Waals surface area contributed by atoms with Gasteiger partial charge in [0.05, 0.1) is 5.92 Å². The Hall–Kier alpha value is -3.90. The van der Waals surface area contributed by atoms with E-state index in [1.807, 2.05) is 4.90 Å². The average molecular weight is 478 g/mol. The summed E-state index contributed by atoms with van der Waals surface area (Å²) in [6, 6.07) is 9.78. The van der Waals surface area contributed by atoms with Crippen molar-refractivity contribution >= 4 is 23.3 Å². The van der Waals surface area contributed by atoms with Crippen LogP contribution in [0.5, 0.6) is 5.75 Å². The van der Waals surface area contributed by atoms with Crippen molar-refractivity contribution in [3.63, 3.8) is 0 Å². The molecule has 0 atom stereocenters. The fourth-order valence-corrected chi connectivity index (χ4v) is 3.62. The van der Waals surface area contributed by atoms with E-state index >= 15 is 0 Å². The number of halogens is 3. The van der Waals surface area contributed by atoms with E-state index in [1.165, 1.54) is 6.07 Å². The Morgan fingerprint density at radius 3 is 2.59 bits per heavy atom. The van der Waals surface area contributed by atoms with Crippen LogP contribution in [0.15, 0.2) is 36.4 Å². The second-order valence-electron chi connectivity index (χ2n) is 7.75. The van der Waals surface area contributed by atoms with E-state index in [9.17, 15) is 22.8 Å². The van der Waals surface area contributed by atoms with E-state index in [0.717, 1.165) is 0 Å². The molecule has 0 saturated carbocycles. The number of benzene rings is 1. The molecule has 4 rings (SSSR count). The van der Waals surface area contributed by atoms with Crippen LogP contribution in [0, 0.1) is 5.92 Å². The molecule has 0 aliphatic carbocycles. The number of primary amides is 1. The minimum atomic E-state index is -4.67. The molecule has 3 aromatic rings. The number of aromatic nitrogens is 4. The lowest BCUT2D eigenvalue weighted by Crippen LogP contribution is -2.37. The molecule has 0 spiro atoms. The van der Waals surface area contributed by atoms with Crippen LogP contribution in [0.2, 0.25) is 0 Å². The number of hydrogen-bond donors (Lipinski definition) is 1. The van der Waals surface area contributed by atoms with E-state index in [-0.39, 0.29) is 30.7 Å². The first kappa shape index (κ1) is 23.3. The van der Waals surface area contributed by atoms with Gasteiger partial charge in [0.25, 0.3) is 11.7 Å². The topological polar surface area (TPSA) is 125 Å². The highest BCUT2D eigenvalue weighted by Gasteiger charge is 2.38. The number of amides is 1. The Morgan fingerprint density at radius 2 is 1.88 bits per heavy atom. The van der Waals surface area contributed by atoms with Gasteiger partial charge in [-0.2, -0.15) is 17.7 Å². The highest BCUT2D eigenvalue weighted by molar-refractivity contribution is 5.75. The zero-order valence-corrected chi connectivity index (χ0v) is 17.9. The number of esters is 1. The van der Waals surface area contributed by atoms with Crippen molar-refractivity contribution in [2.45, 2.75) is 25.6 Å². The van der Waals surface area contributed by atoms with E-state index in [4.69, 9.17) is 15.2 Å². The molecule has 1 fully saturated rings. The van der Waals surface area contributed by atoms with Gasteiger partial charge in [-0.1, -0.05) is 12.1 Å². The van der Waals surface area contributed by atoms with Crippen LogP contribution in [-0.4, -0.2) is 51.4 Å². The highest BCUT2D eigenvalue weighted by Crippen LogP contribution is 2.29.